The van der Waals surface area contributed by atoms with E-state index in [9.17, 15) is 10.1 Å². The Balaban J connectivity index is 3.10. The van der Waals surface area contributed by atoms with E-state index in [1.165, 1.54) is 13.2 Å². The lowest BCUT2D eigenvalue weighted by Crippen LogP contribution is -1.93. The Labute approximate surface area is 95.8 Å². The van der Waals surface area contributed by atoms with E-state index >= 15 is 0 Å². The summed E-state index contributed by atoms with van der Waals surface area (Å²) in [7, 11) is 1.41. The average molecular weight is 272 g/mol. The normalized spacial score (nSPS) is 10.5. The molecule has 0 saturated heterocycles. The second-order valence-corrected chi connectivity index (χ2v) is 3.39. The van der Waals surface area contributed by atoms with E-state index in [4.69, 9.17) is 4.74 Å². The first-order valence-electron chi connectivity index (χ1n) is 4.24. The molecule has 1 aromatic carbocycles. The van der Waals surface area contributed by atoms with Crippen LogP contribution in [0.15, 0.2) is 24.3 Å². The zero-order valence-corrected chi connectivity index (χ0v) is 9.73. The molecule has 0 aliphatic carbocycles. The molecule has 0 heterocycles. The molecule has 0 unspecified atom stereocenters. The van der Waals surface area contributed by atoms with Gasteiger partial charge in [0.25, 0.3) is 0 Å². The van der Waals surface area contributed by atoms with Gasteiger partial charge in [0.1, 0.15) is 0 Å². The highest BCUT2D eigenvalue weighted by molar-refractivity contribution is 9.09. The van der Waals surface area contributed by atoms with Gasteiger partial charge in [-0.2, -0.15) is 0 Å². The Morgan fingerprint density at radius 3 is 2.87 bits per heavy atom. The monoisotopic (exact) mass is 271 g/mol. The first-order valence-corrected chi connectivity index (χ1v) is 5.36. The van der Waals surface area contributed by atoms with Crippen molar-refractivity contribution in [2.24, 2.45) is 0 Å². The number of nitro groups is 1. The SMILES string of the molecule is COc1ccc(C=CCBr)cc1[N+](=O)[O-]. The van der Waals surface area contributed by atoms with Crippen molar-refractivity contribution in [1.82, 2.24) is 0 Å². The van der Waals surface area contributed by atoms with Crippen molar-refractivity contribution in [2.75, 3.05) is 12.4 Å². The summed E-state index contributed by atoms with van der Waals surface area (Å²) in [4.78, 5) is 10.2. The fourth-order valence-electron chi connectivity index (χ4n) is 1.13. The van der Waals surface area contributed by atoms with Gasteiger partial charge in [0.2, 0.25) is 0 Å². The number of halogens is 1. The van der Waals surface area contributed by atoms with Crippen LogP contribution < -0.4 is 4.74 Å². The first-order chi connectivity index (χ1) is 7.19. The minimum absolute atomic E-state index is 0.0192. The Kier molecular flexibility index (Phi) is 4.30. The predicted octanol–water partition coefficient (Wildman–Crippen LogP) is 3.01. The summed E-state index contributed by atoms with van der Waals surface area (Å²) in [6.45, 7) is 0. The van der Waals surface area contributed by atoms with Crippen LogP contribution in [-0.4, -0.2) is 17.4 Å². The van der Waals surface area contributed by atoms with Gasteiger partial charge in [-0.25, -0.2) is 0 Å². The number of ether oxygens (including phenoxy) is 1. The summed E-state index contributed by atoms with van der Waals surface area (Å²) in [6.07, 6.45) is 3.67. The van der Waals surface area contributed by atoms with Crippen LogP contribution in [0.2, 0.25) is 0 Å². The van der Waals surface area contributed by atoms with Gasteiger partial charge < -0.3 is 4.74 Å². The molecule has 4 nitrogen and oxygen atoms in total. The van der Waals surface area contributed by atoms with Gasteiger partial charge in [0.15, 0.2) is 5.75 Å². The number of benzene rings is 1. The zero-order valence-electron chi connectivity index (χ0n) is 8.14. The Bertz CT molecular complexity index is 390. The standard InChI is InChI=1S/C10H10BrNO3/c1-15-10-5-4-8(3-2-6-11)7-9(10)12(13)14/h2-5,7H,6H2,1H3. The van der Waals surface area contributed by atoms with Gasteiger partial charge in [0, 0.05) is 11.4 Å². The highest BCUT2D eigenvalue weighted by atomic mass is 79.9. The van der Waals surface area contributed by atoms with Crippen molar-refractivity contribution >= 4 is 27.7 Å². The largest absolute Gasteiger partial charge is 0.490 e. The van der Waals surface area contributed by atoms with E-state index < -0.39 is 4.92 Å². The van der Waals surface area contributed by atoms with Crippen LogP contribution in [0.3, 0.4) is 0 Å². The molecule has 1 rings (SSSR count). The molecule has 0 saturated carbocycles. The molecule has 0 amide bonds. The smallest absolute Gasteiger partial charge is 0.311 e. The first kappa shape index (κ1) is 11.7. The number of rotatable bonds is 4. The number of methoxy groups -OCH3 is 1. The van der Waals surface area contributed by atoms with Crippen molar-refractivity contribution in [3.63, 3.8) is 0 Å². The molecule has 0 bridgehead atoms. The number of nitrogens with zero attached hydrogens (tertiary/aromatic N) is 1. The minimum atomic E-state index is -0.454. The molecule has 0 fully saturated rings. The van der Waals surface area contributed by atoms with Crippen LogP contribution in [0.4, 0.5) is 5.69 Å². The molecule has 15 heavy (non-hydrogen) atoms. The maximum absolute atomic E-state index is 10.7. The summed E-state index contributed by atoms with van der Waals surface area (Å²) in [6, 6.07) is 4.84. The van der Waals surface area contributed by atoms with Crippen LogP contribution in [0, 0.1) is 10.1 Å². The molecule has 0 atom stereocenters. The lowest BCUT2D eigenvalue weighted by molar-refractivity contribution is -0.385. The lowest BCUT2D eigenvalue weighted by atomic mass is 10.2. The van der Waals surface area contributed by atoms with E-state index in [0.717, 1.165) is 5.56 Å². The number of hydrogen-bond donors (Lipinski definition) is 0. The third kappa shape index (κ3) is 3.06. The number of allylic oxidation sites excluding steroid dienone is 1. The van der Waals surface area contributed by atoms with Crippen molar-refractivity contribution < 1.29 is 9.66 Å². The van der Waals surface area contributed by atoms with Crippen LogP contribution in [0.5, 0.6) is 5.75 Å². The molecule has 80 valence electrons. The molecule has 0 aliphatic heterocycles. The van der Waals surface area contributed by atoms with E-state index in [2.05, 4.69) is 15.9 Å². The fourth-order valence-corrected chi connectivity index (χ4v) is 1.32. The van der Waals surface area contributed by atoms with E-state index in [-0.39, 0.29) is 11.4 Å². The van der Waals surface area contributed by atoms with Crippen molar-refractivity contribution in [1.29, 1.82) is 0 Å². The Morgan fingerprint density at radius 1 is 1.60 bits per heavy atom. The molecule has 0 aliphatic rings. The van der Waals surface area contributed by atoms with Crippen LogP contribution in [0.1, 0.15) is 5.56 Å². The quantitative estimate of drug-likeness (QED) is 0.481. The number of hydrogen-bond acceptors (Lipinski definition) is 3. The van der Waals surface area contributed by atoms with E-state index in [1.54, 1.807) is 18.2 Å². The number of alkyl halides is 1. The van der Waals surface area contributed by atoms with Gasteiger partial charge >= 0.3 is 5.69 Å². The Hall–Kier alpha value is -1.36. The summed E-state index contributed by atoms with van der Waals surface area (Å²) in [5.41, 5.74) is 0.760. The summed E-state index contributed by atoms with van der Waals surface area (Å²) >= 11 is 3.24. The van der Waals surface area contributed by atoms with Gasteiger partial charge in [-0.1, -0.05) is 34.1 Å². The molecule has 0 radical (unpaired) electrons. The second-order valence-electron chi connectivity index (χ2n) is 2.75. The van der Waals surface area contributed by atoms with Crippen LogP contribution in [-0.2, 0) is 0 Å². The van der Waals surface area contributed by atoms with Crippen molar-refractivity contribution in [3.05, 3.63) is 40.0 Å². The predicted molar refractivity (Wildman–Crippen MR) is 62.5 cm³/mol. The highest BCUT2D eigenvalue weighted by Gasteiger charge is 2.13. The summed E-state index contributed by atoms with van der Waals surface area (Å²) in [5, 5.41) is 11.4. The molecule has 5 heteroatoms. The van der Waals surface area contributed by atoms with Gasteiger partial charge in [0.05, 0.1) is 12.0 Å². The highest BCUT2D eigenvalue weighted by Crippen LogP contribution is 2.27. The van der Waals surface area contributed by atoms with Gasteiger partial charge in [-0.05, 0) is 11.6 Å². The molecule has 0 N–H and O–H groups in total. The molecule has 0 aromatic heterocycles. The number of nitro benzene ring substituents is 1. The lowest BCUT2D eigenvalue weighted by Gasteiger charge is -2.01. The fraction of sp³-hybridized carbons (Fsp3) is 0.200. The molecular weight excluding hydrogens is 262 g/mol. The van der Waals surface area contributed by atoms with Crippen molar-refractivity contribution in [3.8, 4) is 5.75 Å². The molecule has 0 spiro atoms. The van der Waals surface area contributed by atoms with E-state index in [0.29, 0.717) is 5.33 Å². The second kappa shape index (κ2) is 5.50. The van der Waals surface area contributed by atoms with Crippen LogP contribution >= 0.6 is 15.9 Å². The Morgan fingerprint density at radius 2 is 2.33 bits per heavy atom. The maximum atomic E-state index is 10.7. The third-order valence-electron chi connectivity index (χ3n) is 1.80. The average Bonchev–Trinajstić information content (AvgIpc) is 2.25. The summed E-state index contributed by atoms with van der Waals surface area (Å²) in [5.74, 6) is 0.274. The zero-order chi connectivity index (χ0) is 11.3. The molecular formula is C10H10BrNO3. The topological polar surface area (TPSA) is 52.4 Å². The minimum Gasteiger partial charge on any atom is -0.490 e. The molecule has 1 aromatic rings. The van der Waals surface area contributed by atoms with Crippen molar-refractivity contribution in [2.45, 2.75) is 0 Å². The summed E-state index contributed by atoms with van der Waals surface area (Å²) < 4.78 is 4.89. The maximum Gasteiger partial charge on any atom is 0.311 e. The van der Waals surface area contributed by atoms with Crippen LogP contribution in [0.25, 0.3) is 6.08 Å². The van der Waals surface area contributed by atoms with Gasteiger partial charge in [-0.15, -0.1) is 0 Å². The van der Waals surface area contributed by atoms with E-state index in [1.807, 2.05) is 6.08 Å². The van der Waals surface area contributed by atoms with Gasteiger partial charge in [-0.3, -0.25) is 10.1 Å². The third-order valence-corrected chi connectivity index (χ3v) is 2.17.